The number of allylic oxidation sites excluding steroid dienone is 1. The number of carbonyl (C=O) groups excluding carboxylic acids is 2. The molecule has 4 nitrogen and oxygen atoms in total. The molecule has 0 amide bonds. The fourth-order valence-electron chi connectivity index (χ4n) is 3.97. The van der Waals surface area contributed by atoms with Crippen molar-refractivity contribution in [3.63, 3.8) is 0 Å². The molecule has 3 rings (SSSR count). The topological polar surface area (TPSA) is 56.3 Å². The molecule has 0 radical (unpaired) electrons. The van der Waals surface area contributed by atoms with Crippen LogP contribution in [0.4, 0.5) is 0 Å². The van der Waals surface area contributed by atoms with Crippen molar-refractivity contribution in [2.75, 3.05) is 0 Å². The first-order valence-corrected chi connectivity index (χ1v) is 12.1. The van der Waals surface area contributed by atoms with Gasteiger partial charge in [-0.05, 0) is 56.7 Å². The average Bonchev–Trinajstić information content (AvgIpc) is 3.10. The number of aromatic nitrogens is 1. The number of esters is 1. The Labute approximate surface area is 183 Å². The van der Waals surface area contributed by atoms with Crippen LogP contribution >= 0.6 is 11.3 Å². The van der Waals surface area contributed by atoms with E-state index in [2.05, 4.69) is 29.3 Å². The summed E-state index contributed by atoms with van der Waals surface area (Å²) >= 11 is 1.67. The Balaban J connectivity index is 1.80. The van der Waals surface area contributed by atoms with Gasteiger partial charge in [-0.25, -0.2) is 4.98 Å². The highest BCUT2D eigenvalue weighted by molar-refractivity contribution is 7.18. The van der Waals surface area contributed by atoms with Gasteiger partial charge >= 0.3 is 5.97 Å². The second-order valence-electron chi connectivity index (χ2n) is 8.23. The van der Waals surface area contributed by atoms with E-state index < -0.39 is 0 Å². The number of ether oxygens (including phenoxy) is 1. The van der Waals surface area contributed by atoms with Crippen LogP contribution in [0.5, 0.6) is 0 Å². The van der Waals surface area contributed by atoms with Crippen molar-refractivity contribution in [1.82, 2.24) is 4.98 Å². The Hall–Kier alpha value is -2.01. The first-order valence-electron chi connectivity index (χ1n) is 11.3. The zero-order valence-electron chi connectivity index (χ0n) is 18.2. The molecule has 0 fully saturated rings. The molecule has 1 aliphatic rings. The molecule has 0 bridgehead atoms. The molecule has 30 heavy (non-hydrogen) atoms. The predicted molar refractivity (Wildman–Crippen MR) is 123 cm³/mol. The molecular weight excluding hydrogens is 394 g/mol. The van der Waals surface area contributed by atoms with Gasteiger partial charge in [0.1, 0.15) is 11.9 Å². The lowest BCUT2D eigenvalue weighted by molar-refractivity contribution is -0.154. The summed E-state index contributed by atoms with van der Waals surface area (Å²) in [4.78, 5) is 29.7. The van der Waals surface area contributed by atoms with E-state index in [1.54, 1.807) is 11.3 Å². The van der Waals surface area contributed by atoms with Gasteiger partial charge in [0.2, 0.25) is 0 Å². The van der Waals surface area contributed by atoms with E-state index >= 15 is 0 Å². The second kappa shape index (κ2) is 11.4. The number of Topliss-reactive ketones (excluding diaryl/α,β-unsaturated/α-hetero) is 1. The lowest BCUT2D eigenvalue weighted by atomic mass is 9.96. The second-order valence-corrected chi connectivity index (χ2v) is 9.46. The smallest absolute Gasteiger partial charge is 0.309 e. The zero-order valence-corrected chi connectivity index (χ0v) is 19.0. The van der Waals surface area contributed by atoms with Crippen LogP contribution in [0.15, 0.2) is 30.4 Å². The van der Waals surface area contributed by atoms with Crippen LogP contribution in [-0.2, 0) is 14.3 Å². The number of rotatable bonds is 2. The van der Waals surface area contributed by atoms with Crippen molar-refractivity contribution in [2.45, 2.75) is 84.2 Å². The number of thiazole rings is 1. The lowest BCUT2D eigenvalue weighted by Crippen LogP contribution is -2.21. The van der Waals surface area contributed by atoms with E-state index in [1.165, 1.54) is 0 Å². The van der Waals surface area contributed by atoms with Crippen LogP contribution in [0.25, 0.3) is 10.2 Å². The highest BCUT2D eigenvalue weighted by Gasteiger charge is 2.24. The summed E-state index contributed by atoms with van der Waals surface area (Å²) in [7, 11) is 0. The SMILES string of the molecule is CCC1CCC(=O)CCCCCC/C=C\CC(c2ccc3sc(C)nc3c2)OC1=O. The van der Waals surface area contributed by atoms with Gasteiger partial charge in [-0.15, -0.1) is 11.3 Å². The van der Waals surface area contributed by atoms with Crippen LogP contribution in [-0.4, -0.2) is 16.7 Å². The standard InChI is InChI=1S/C25H33NO3S/c1-3-19-13-15-21(27)11-9-7-5-4-6-8-10-12-23(29-25(19)28)20-14-16-24-22(17-20)26-18(2)30-24/h8,10,14,16-17,19,23H,3-7,9,11-13,15H2,1-2H3/b10-8-. The maximum atomic E-state index is 12.9. The van der Waals surface area contributed by atoms with Crippen LogP contribution in [0.2, 0.25) is 0 Å². The number of hydrogen-bond acceptors (Lipinski definition) is 5. The van der Waals surface area contributed by atoms with Gasteiger partial charge in [0.25, 0.3) is 0 Å². The number of carbonyl (C=O) groups is 2. The number of benzene rings is 1. The molecule has 2 heterocycles. The number of aryl methyl sites for hydroxylation is 1. The molecular formula is C25H33NO3S. The molecule has 0 spiro atoms. The normalized spacial score (nSPS) is 23.9. The summed E-state index contributed by atoms with van der Waals surface area (Å²) in [5, 5.41) is 1.03. The summed E-state index contributed by atoms with van der Waals surface area (Å²) in [6, 6.07) is 6.17. The van der Waals surface area contributed by atoms with E-state index in [0.29, 0.717) is 32.1 Å². The molecule has 162 valence electrons. The van der Waals surface area contributed by atoms with Crippen molar-refractivity contribution >= 4 is 33.3 Å². The van der Waals surface area contributed by atoms with Crippen LogP contribution in [0.1, 0.15) is 87.8 Å². The third-order valence-electron chi connectivity index (χ3n) is 5.84. The van der Waals surface area contributed by atoms with Gasteiger partial charge in [-0.2, -0.15) is 0 Å². The largest absolute Gasteiger partial charge is 0.457 e. The highest BCUT2D eigenvalue weighted by atomic mass is 32.1. The lowest BCUT2D eigenvalue weighted by Gasteiger charge is -2.21. The number of cyclic esters (lactones) is 1. The van der Waals surface area contributed by atoms with Gasteiger partial charge in [-0.3, -0.25) is 9.59 Å². The number of ketones is 1. The molecule has 1 aromatic carbocycles. The summed E-state index contributed by atoms with van der Waals surface area (Å²) in [6.07, 6.45) is 12.5. The summed E-state index contributed by atoms with van der Waals surface area (Å²) < 4.78 is 7.16. The minimum absolute atomic E-state index is 0.189. The molecule has 1 aromatic heterocycles. The Bertz CT molecular complexity index is 886. The zero-order chi connectivity index (χ0) is 21.3. The molecule has 1 aliphatic heterocycles. The first kappa shape index (κ1) is 22.7. The molecule has 0 saturated carbocycles. The fraction of sp³-hybridized carbons (Fsp3) is 0.560. The molecule has 0 saturated heterocycles. The van der Waals surface area contributed by atoms with E-state index in [-0.39, 0.29) is 23.8 Å². The van der Waals surface area contributed by atoms with Crippen molar-refractivity contribution in [1.29, 1.82) is 0 Å². The Morgan fingerprint density at radius 3 is 2.77 bits per heavy atom. The molecule has 0 aliphatic carbocycles. The van der Waals surface area contributed by atoms with Crippen molar-refractivity contribution in [3.8, 4) is 0 Å². The summed E-state index contributed by atoms with van der Waals surface area (Å²) in [5.41, 5.74) is 1.94. The Morgan fingerprint density at radius 2 is 1.93 bits per heavy atom. The third kappa shape index (κ3) is 6.49. The Morgan fingerprint density at radius 1 is 1.10 bits per heavy atom. The molecule has 2 aromatic rings. The summed E-state index contributed by atoms with van der Waals surface area (Å²) in [6.45, 7) is 4.00. The number of hydrogen-bond donors (Lipinski definition) is 0. The van der Waals surface area contributed by atoms with Gasteiger partial charge in [0.05, 0.1) is 21.1 Å². The molecule has 5 heteroatoms. The minimum atomic E-state index is -0.321. The Kier molecular flexibility index (Phi) is 8.61. The third-order valence-corrected chi connectivity index (χ3v) is 6.79. The van der Waals surface area contributed by atoms with Crippen LogP contribution < -0.4 is 0 Å². The maximum absolute atomic E-state index is 12.9. The van der Waals surface area contributed by atoms with E-state index in [4.69, 9.17) is 4.74 Å². The monoisotopic (exact) mass is 427 g/mol. The summed E-state index contributed by atoms with van der Waals surface area (Å²) in [5.74, 6) is -0.141. The van der Waals surface area contributed by atoms with Gasteiger partial charge in [-0.1, -0.05) is 38.0 Å². The highest BCUT2D eigenvalue weighted by Crippen LogP contribution is 2.30. The van der Waals surface area contributed by atoms with Gasteiger partial charge in [0, 0.05) is 19.3 Å². The van der Waals surface area contributed by atoms with E-state index in [1.807, 2.05) is 19.9 Å². The van der Waals surface area contributed by atoms with Gasteiger partial charge < -0.3 is 4.74 Å². The fourth-order valence-corrected chi connectivity index (χ4v) is 4.78. The van der Waals surface area contributed by atoms with E-state index in [9.17, 15) is 9.59 Å². The van der Waals surface area contributed by atoms with Crippen LogP contribution in [0.3, 0.4) is 0 Å². The van der Waals surface area contributed by atoms with Crippen molar-refractivity contribution < 1.29 is 14.3 Å². The van der Waals surface area contributed by atoms with Gasteiger partial charge in [0.15, 0.2) is 0 Å². The molecule has 2 unspecified atom stereocenters. The van der Waals surface area contributed by atoms with E-state index in [0.717, 1.165) is 52.9 Å². The number of nitrogens with zero attached hydrogens (tertiary/aromatic N) is 1. The van der Waals surface area contributed by atoms with Crippen molar-refractivity contribution in [3.05, 3.63) is 40.9 Å². The molecule has 0 N–H and O–H groups in total. The number of fused-ring (bicyclic) bond motifs is 1. The van der Waals surface area contributed by atoms with Crippen LogP contribution in [0, 0.1) is 12.8 Å². The minimum Gasteiger partial charge on any atom is -0.457 e. The van der Waals surface area contributed by atoms with Crippen molar-refractivity contribution in [2.24, 2.45) is 5.92 Å². The quantitative estimate of drug-likeness (QED) is 0.388. The molecule has 2 atom stereocenters. The first-order chi connectivity index (χ1) is 14.6. The maximum Gasteiger partial charge on any atom is 0.309 e. The predicted octanol–water partition coefficient (Wildman–Crippen LogP) is 6.87. The average molecular weight is 428 g/mol.